The molecule has 3 saturated heterocycles. The van der Waals surface area contributed by atoms with Crippen LogP contribution in [0.3, 0.4) is 0 Å². The number of hydrogen-bond donors (Lipinski definition) is 1. The molecule has 0 aromatic rings. The number of rotatable bonds is 5. The lowest BCUT2D eigenvalue weighted by atomic mass is 9.62. The molecule has 1 N–H and O–H groups in total. The summed E-state index contributed by atoms with van der Waals surface area (Å²) in [6, 6.07) is 5.73. The van der Waals surface area contributed by atoms with E-state index in [-0.39, 0.29) is 0 Å². The Bertz CT molecular complexity index is 1080. The fourth-order valence-electron chi connectivity index (χ4n) is 17.2. The molecule has 0 aromatic carbocycles. The number of nitrogens with zero attached hydrogens (tertiary/aromatic N) is 2. The van der Waals surface area contributed by atoms with Crippen molar-refractivity contribution in [2.75, 3.05) is 13.1 Å². The van der Waals surface area contributed by atoms with E-state index in [1.165, 1.54) is 90.1 Å². The molecule has 7 saturated carbocycles. The van der Waals surface area contributed by atoms with E-state index in [0.29, 0.717) is 0 Å². The summed E-state index contributed by atoms with van der Waals surface area (Å²) in [6.07, 6.45) is 45.1. The van der Waals surface area contributed by atoms with Gasteiger partial charge in [0.1, 0.15) is 0 Å². The van der Waals surface area contributed by atoms with Gasteiger partial charge in [-0.2, -0.15) is 0 Å². The van der Waals surface area contributed by atoms with Gasteiger partial charge in [0, 0.05) is 36.3 Å². The third-order valence-corrected chi connectivity index (χ3v) is 19.2. The van der Waals surface area contributed by atoms with Gasteiger partial charge in [-0.05, 0) is 181 Å². The van der Waals surface area contributed by atoms with Gasteiger partial charge in [0.05, 0.1) is 0 Å². The molecule has 282 valence electrons. The lowest BCUT2D eigenvalue weighted by molar-refractivity contribution is -0.00987. The number of likely N-dealkylation sites (tertiary alicyclic amines) is 2. The fourth-order valence-corrected chi connectivity index (χ4v) is 17.2. The molecular weight excluding hydrogens is 607 g/mol. The summed E-state index contributed by atoms with van der Waals surface area (Å²) in [5.41, 5.74) is 0. The summed E-state index contributed by atoms with van der Waals surface area (Å²) in [5, 5.41) is 3.74. The van der Waals surface area contributed by atoms with Gasteiger partial charge in [-0.25, -0.2) is 0 Å². The third kappa shape index (κ3) is 6.43. The molecule has 10 aliphatic rings. The van der Waals surface area contributed by atoms with Crippen LogP contribution in [0.4, 0.5) is 0 Å². The smallest absolute Gasteiger partial charge is 0.0135 e. The molecule has 0 spiro atoms. The van der Waals surface area contributed by atoms with Crippen molar-refractivity contribution in [1.29, 1.82) is 0 Å². The third-order valence-electron chi connectivity index (χ3n) is 19.2. The first kappa shape index (κ1) is 34.4. The van der Waals surface area contributed by atoms with Crippen LogP contribution >= 0.6 is 0 Å². The maximum Gasteiger partial charge on any atom is 0.0135 e. The molecule has 3 aliphatic heterocycles. The van der Waals surface area contributed by atoms with Crippen LogP contribution in [0.5, 0.6) is 0 Å². The lowest BCUT2D eigenvalue weighted by Gasteiger charge is -2.51. The van der Waals surface area contributed by atoms with E-state index in [0.717, 1.165) is 95.4 Å². The molecule has 0 aromatic heterocycles. The molecular formula is C47H79N3. The SMILES string of the molecule is C1CCC(C2CC(C3CCNCC3)CC(N3C4CCCCC4C4CCC(C5CCC6C(C5)C5CCCCC5N6C5CCCCC5)CC43)C2)CC1. The van der Waals surface area contributed by atoms with Crippen molar-refractivity contribution < 1.29 is 0 Å². The summed E-state index contributed by atoms with van der Waals surface area (Å²) in [6.45, 7) is 2.59. The lowest BCUT2D eigenvalue weighted by Crippen LogP contribution is -2.52. The predicted molar refractivity (Wildman–Crippen MR) is 208 cm³/mol. The molecule has 3 heteroatoms. The summed E-state index contributed by atoms with van der Waals surface area (Å²) in [7, 11) is 0. The molecule has 13 atom stereocenters. The second kappa shape index (κ2) is 15.2. The zero-order valence-electron chi connectivity index (χ0n) is 32.6. The zero-order valence-corrected chi connectivity index (χ0v) is 32.6. The van der Waals surface area contributed by atoms with Gasteiger partial charge in [-0.15, -0.1) is 0 Å². The van der Waals surface area contributed by atoms with Gasteiger partial charge in [0.2, 0.25) is 0 Å². The molecule has 0 amide bonds. The number of nitrogens with one attached hydrogen (secondary N) is 1. The van der Waals surface area contributed by atoms with Crippen LogP contribution in [0.2, 0.25) is 0 Å². The quantitative estimate of drug-likeness (QED) is 0.311. The van der Waals surface area contributed by atoms with Crippen LogP contribution in [-0.4, -0.2) is 59.1 Å². The second-order valence-electron chi connectivity index (χ2n) is 21.2. The summed E-state index contributed by atoms with van der Waals surface area (Å²) >= 11 is 0. The molecule has 3 heterocycles. The van der Waals surface area contributed by atoms with Crippen molar-refractivity contribution >= 4 is 0 Å². The zero-order chi connectivity index (χ0) is 33.0. The molecule has 50 heavy (non-hydrogen) atoms. The Morgan fingerprint density at radius 2 is 0.800 bits per heavy atom. The van der Waals surface area contributed by atoms with E-state index in [1.807, 2.05) is 0 Å². The monoisotopic (exact) mass is 686 g/mol. The normalized spacial score (nSPS) is 48.8. The molecule has 10 rings (SSSR count). The Hall–Kier alpha value is -0.120. The molecule has 3 nitrogen and oxygen atoms in total. The summed E-state index contributed by atoms with van der Waals surface area (Å²) in [5.74, 6) is 10.5. The van der Waals surface area contributed by atoms with E-state index in [9.17, 15) is 0 Å². The standard InChI is InChI=1S/C47H79N3/c1-3-11-32(12-4-1)36-27-37(33-23-25-48-26-24-33)29-39(28-36)50-44-17-9-7-15-40(44)42-21-19-35(31-47(42)50)34-20-22-46-43(30-34)41-16-8-10-18-45(41)49(46)38-13-5-2-6-14-38/h32-48H,1-31H2. The summed E-state index contributed by atoms with van der Waals surface area (Å²) in [4.78, 5) is 6.72. The predicted octanol–water partition coefficient (Wildman–Crippen LogP) is 11.0. The van der Waals surface area contributed by atoms with Gasteiger partial charge in [-0.1, -0.05) is 77.0 Å². The van der Waals surface area contributed by atoms with Gasteiger partial charge in [0.25, 0.3) is 0 Å². The maximum atomic E-state index is 3.74. The first-order valence-electron chi connectivity index (χ1n) is 24.1. The number of hydrogen-bond acceptors (Lipinski definition) is 3. The fraction of sp³-hybridized carbons (Fsp3) is 1.00. The minimum Gasteiger partial charge on any atom is -0.317 e. The Morgan fingerprint density at radius 3 is 1.52 bits per heavy atom. The van der Waals surface area contributed by atoms with Crippen LogP contribution in [0, 0.1) is 59.2 Å². The largest absolute Gasteiger partial charge is 0.317 e. The highest BCUT2D eigenvalue weighted by atomic mass is 15.3. The second-order valence-corrected chi connectivity index (χ2v) is 21.2. The van der Waals surface area contributed by atoms with Crippen molar-refractivity contribution in [2.45, 2.75) is 222 Å². The van der Waals surface area contributed by atoms with Gasteiger partial charge in [0.15, 0.2) is 0 Å². The maximum absolute atomic E-state index is 3.74. The Morgan fingerprint density at radius 1 is 0.280 bits per heavy atom. The molecule has 0 radical (unpaired) electrons. The Kier molecular flexibility index (Phi) is 10.4. The van der Waals surface area contributed by atoms with Crippen LogP contribution in [0.15, 0.2) is 0 Å². The average molecular weight is 686 g/mol. The Labute approximate surface area is 309 Å². The van der Waals surface area contributed by atoms with Gasteiger partial charge < -0.3 is 5.32 Å². The van der Waals surface area contributed by atoms with Gasteiger partial charge >= 0.3 is 0 Å². The van der Waals surface area contributed by atoms with Crippen molar-refractivity contribution in [3.8, 4) is 0 Å². The number of fused-ring (bicyclic) bond motifs is 6. The van der Waals surface area contributed by atoms with E-state index >= 15 is 0 Å². The highest BCUT2D eigenvalue weighted by Crippen LogP contribution is 2.58. The molecule has 13 unspecified atom stereocenters. The highest BCUT2D eigenvalue weighted by molar-refractivity contribution is 5.10. The van der Waals surface area contributed by atoms with Crippen LogP contribution in [0.25, 0.3) is 0 Å². The highest BCUT2D eigenvalue weighted by Gasteiger charge is 2.57. The first-order valence-corrected chi connectivity index (χ1v) is 24.1. The van der Waals surface area contributed by atoms with E-state index < -0.39 is 0 Å². The number of piperidine rings is 1. The average Bonchev–Trinajstić information content (AvgIpc) is 3.71. The first-order chi connectivity index (χ1) is 24.8. The van der Waals surface area contributed by atoms with E-state index in [1.54, 1.807) is 109 Å². The minimum atomic E-state index is 0.924. The van der Waals surface area contributed by atoms with Crippen LogP contribution in [-0.2, 0) is 0 Å². The topological polar surface area (TPSA) is 18.5 Å². The minimum absolute atomic E-state index is 0.924. The van der Waals surface area contributed by atoms with Crippen molar-refractivity contribution in [3.05, 3.63) is 0 Å². The molecule has 7 aliphatic carbocycles. The summed E-state index contributed by atoms with van der Waals surface area (Å²) < 4.78 is 0. The van der Waals surface area contributed by atoms with Crippen molar-refractivity contribution in [2.24, 2.45) is 59.2 Å². The Balaban J connectivity index is 0.886. The van der Waals surface area contributed by atoms with Crippen LogP contribution in [0.1, 0.15) is 186 Å². The van der Waals surface area contributed by atoms with Crippen molar-refractivity contribution in [3.63, 3.8) is 0 Å². The molecule has 10 fully saturated rings. The van der Waals surface area contributed by atoms with Crippen molar-refractivity contribution in [1.82, 2.24) is 15.1 Å². The van der Waals surface area contributed by atoms with Crippen LogP contribution < -0.4 is 5.32 Å². The van der Waals surface area contributed by atoms with E-state index in [2.05, 4.69) is 15.1 Å². The molecule has 0 bridgehead atoms. The van der Waals surface area contributed by atoms with E-state index in [4.69, 9.17) is 0 Å². The van der Waals surface area contributed by atoms with Gasteiger partial charge in [-0.3, -0.25) is 9.80 Å².